The normalized spacial score (nSPS) is 16.8. The van der Waals surface area contributed by atoms with Crippen LogP contribution in [0.4, 0.5) is 0 Å². The minimum atomic E-state index is -0.952. The van der Waals surface area contributed by atoms with Gasteiger partial charge in [-0.2, -0.15) is 0 Å². The molecule has 2 aliphatic rings. The number of benzene rings is 1. The molecule has 9 heteroatoms. The fraction of sp³-hybridized carbons (Fsp3) is 0.389. The number of nitrogens with zero attached hydrogens (tertiary/aromatic N) is 2. The molecule has 1 aliphatic carbocycles. The van der Waals surface area contributed by atoms with E-state index in [1.165, 1.54) is 12.4 Å². The molecular formula is C18H20BN3O5. The van der Waals surface area contributed by atoms with Crippen molar-refractivity contribution in [1.29, 1.82) is 0 Å². The monoisotopic (exact) mass is 369 g/mol. The maximum absolute atomic E-state index is 12.2. The first kappa shape index (κ1) is 17.9. The molecule has 8 nitrogen and oxygen atoms in total. The highest BCUT2D eigenvalue weighted by atomic mass is 16.5. The zero-order chi connectivity index (χ0) is 19.0. The second-order valence-corrected chi connectivity index (χ2v) is 6.87. The minimum absolute atomic E-state index is 0.0851. The summed E-state index contributed by atoms with van der Waals surface area (Å²) in [4.78, 5) is 20.5. The third kappa shape index (κ3) is 3.66. The van der Waals surface area contributed by atoms with Crippen molar-refractivity contribution in [3.63, 3.8) is 0 Å². The molecule has 2 heterocycles. The summed E-state index contributed by atoms with van der Waals surface area (Å²) in [7, 11) is -0.952. The van der Waals surface area contributed by atoms with Gasteiger partial charge < -0.3 is 24.8 Å². The molecule has 0 bridgehead atoms. The van der Waals surface area contributed by atoms with E-state index in [-0.39, 0.29) is 30.1 Å². The van der Waals surface area contributed by atoms with Gasteiger partial charge in [-0.05, 0) is 48.3 Å². The molecule has 1 aromatic heterocycles. The summed E-state index contributed by atoms with van der Waals surface area (Å²) in [5, 5.41) is 22.1. The molecule has 1 aliphatic heterocycles. The largest absolute Gasteiger partial charge is 0.492 e. The van der Waals surface area contributed by atoms with Crippen molar-refractivity contribution < 1.29 is 24.3 Å². The summed E-state index contributed by atoms with van der Waals surface area (Å²) >= 11 is 0. The lowest BCUT2D eigenvalue weighted by atomic mass is 9.76. The Morgan fingerprint density at radius 1 is 1.41 bits per heavy atom. The van der Waals surface area contributed by atoms with Crippen LogP contribution in [-0.2, 0) is 11.3 Å². The predicted molar refractivity (Wildman–Crippen MR) is 96.7 cm³/mol. The number of rotatable bonds is 6. The van der Waals surface area contributed by atoms with Gasteiger partial charge in [-0.1, -0.05) is 6.07 Å². The van der Waals surface area contributed by atoms with Crippen molar-refractivity contribution in [1.82, 2.24) is 15.3 Å². The number of nitrogens with one attached hydrogen (secondary N) is 1. The van der Waals surface area contributed by atoms with Crippen molar-refractivity contribution in [2.75, 3.05) is 6.61 Å². The Kier molecular flexibility index (Phi) is 4.82. The van der Waals surface area contributed by atoms with Crippen LogP contribution >= 0.6 is 0 Å². The van der Waals surface area contributed by atoms with Crippen LogP contribution in [0.3, 0.4) is 0 Å². The minimum Gasteiger partial charge on any atom is -0.437 e. The lowest BCUT2D eigenvalue weighted by Crippen LogP contribution is -2.39. The standard InChI is InChI=1S/C18H20BN3O5/c1-10-15(5-4-12-9-26-19(25)17(10)12)27-16-7-20-13(6-21-16)18(24)22-14(8-23)11-2-3-11/h4-7,11,14,23,25H,2-3,8-9H2,1H3,(H,22,24)/t14-/m1/s1. The summed E-state index contributed by atoms with van der Waals surface area (Å²) < 4.78 is 11.0. The smallest absolute Gasteiger partial charge is 0.437 e. The molecule has 1 amide bonds. The third-order valence-electron chi connectivity index (χ3n) is 4.98. The van der Waals surface area contributed by atoms with Crippen LogP contribution in [0.1, 0.15) is 34.5 Å². The van der Waals surface area contributed by atoms with Crippen LogP contribution < -0.4 is 15.5 Å². The second-order valence-electron chi connectivity index (χ2n) is 6.87. The molecule has 0 unspecified atom stereocenters. The molecule has 1 fully saturated rings. The van der Waals surface area contributed by atoms with Crippen molar-refractivity contribution in [3.8, 4) is 11.6 Å². The molecule has 3 N–H and O–H groups in total. The van der Waals surface area contributed by atoms with Crippen LogP contribution in [0.2, 0.25) is 0 Å². The Hall–Kier alpha value is -2.49. The van der Waals surface area contributed by atoms with Gasteiger partial charge in [0.1, 0.15) is 11.4 Å². The van der Waals surface area contributed by atoms with E-state index in [9.17, 15) is 14.9 Å². The molecule has 140 valence electrons. The van der Waals surface area contributed by atoms with Crippen LogP contribution in [0, 0.1) is 12.8 Å². The van der Waals surface area contributed by atoms with E-state index < -0.39 is 7.12 Å². The molecule has 0 radical (unpaired) electrons. The maximum atomic E-state index is 12.2. The quantitative estimate of drug-likeness (QED) is 0.628. The fourth-order valence-electron chi connectivity index (χ4n) is 3.25. The number of fused-ring (bicyclic) bond motifs is 1. The second kappa shape index (κ2) is 7.26. The summed E-state index contributed by atoms with van der Waals surface area (Å²) in [5.74, 6) is 0.758. The molecule has 0 saturated heterocycles. The Labute approximate surface area is 156 Å². The molecular weight excluding hydrogens is 349 g/mol. The molecule has 1 saturated carbocycles. The van der Waals surface area contributed by atoms with E-state index in [1.807, 2.05) is 13.0 Å². The summed E-state index contributed by atoms with van der Waals surface area (Å²) in [6, 6.07) is 3.40. The lowest BCUT2D eigenvalue weighted by molar-refractivity contribution is 0.0902. The summed E-state index contributed by atoms with van der Waals surface area (Å²) in [6.07, 6.45) is 4.75. The number of hydrogen-bond donors (Lipinski definition) is 3. The number of aliphatic hydroxyl groups is 1. The average Bonchev–Trinajstić information content (AvgIpc) is 3.45. The van der Waals surface area contributed by atoms with E-state index in [0.717, 1.165) is 24.0 Å². The first-order valence-corrected chi connectivity index (χ1v) is 8.90. The number of aliphatic hydroxyl groups excluding tert-OH is 1. The highest BCUT2D eigenvalue weighted by molar-refractivity contribution is 6.62. The van der Waals surface area contributed by atoms with Crippen molar-refractivity contribution in [2.24, 2.45) is 5.92 Å². The molecule has 4 rings (SSSR count). The molecule has 2 aromatic rings. The number of ether oxygens (including phenoxy) is 1. The molecule has 27 heavy (non-hydrogen) atoms. The van der Waals surface area contributed by atoms with E-state index >= 15 is 0 Å². The number of carbonyl (C=O) groups is 1. The number of hydrogen-bond acceptors (Lipinski definition) is 7. The summed E-state index contributed by atoms with van der Waals surface area (Å²) in [5.41, 5.74) is 2.58. The zero-order valence-corrected chi connectivity index (χ0v) is 14.9. The van der Waals surface area contributed by atoms with Gasteiger partial charge in [-0.15, -0.1) is 0 Å². The van der Waals surface area contributed by atoms with Gasteiger partial charge in [0.05, 0.1) is 31.6 Å². The van der Waals surface area contributed by atoms with Gasteiger partial charge in [0.2, 0.25) is 5.88 Å². The summed E-state index contributed by atoms with van der Waals surface area (Å²) in [6.45, 7) is 2.13. The number of carbonyl (C=O) groups excluding carboxylic acids is 1. The number of aromatic nitrogens is 2. The zero-order valence-electron chi connectivity index (χ0n) is 14.9. The van der Waals surface area contributed by atoms with Crippen molar-refractivity contribution in [2.45, 2.75) is 32.4 Å². The molecule has 0 spiro atoms. The van der Waals surface area contributed by atoms with Crippen LogP contribution in [-0.4, -0.2) is 45.8 Å². The van der Waals surface area contributed by atoms with E-state index in [1.54, 1.807) is 6.07 Å². The van der Waals surface area contributed by atoms with E-state index in [0.29, 0.717) is 23.7 Å². The number of amides is 1. The van der Waals surface area contributed by atoms with Gasteiger partial charge >= 0.3 is 7.12 Å². The highest BCUT2D eigenvalue weighted by Crippen LogP contribution is 2.32. The Morgan fingerprint density at radius 2 is 2.22 bits per heavy atom. The van der Waals surface area contributed by atoms with Gasteiger partial charge in [0.25, 0.3) is 5.91 Å². The van der Waals surface area contributed by atoms with Gasteiger partial charge in [-0.3, -0.25) is 4.79 Å². The fourth-order valence-corrected chi connectivity index (χ4v) is 3.25. The molecule has 1 atom stereocenters. The van der Waals surface area contributed by atoms with Crippen LogP contribution in [0.15, 0.2) is 24.5 Å². The molecule has 1 aromatic carbocycles. The van der Waals surface area contributed by atoms with Crippen LogP contribution in [0.25, 0.3) is 0 Å². The Morgan fingerprint density at radius 3 is 2.89 bits per heavy atom. The first-order valence-electron chi connectivity index (χ1n) is 8.90. The van der Waals surface area contributed by atoms with E-state index in [2.05, 4.69) is 15.3 Å². The van der Waals surface area contributed by atoms with Gasteiger partial charge in [0, 0.05) is 0 Å². The van der Waals surface area contributed by atoms with Gasteiger partial charge in [0.15, 0.2) is 0 Å². The Balaban J connectivity index is 1.45. The predicted octanol–water partition coefficient (Wildman–Crippen LogP) is 0.296. The Bertz CT molecular complexity index is 857. The first-order chi connectivity index (χ1) is 13.1. The third-order valence-corrected chi connectivity index (χ3v) is 4.98. The van der Waals surface area contributed by atoms with Gasteiger partial charge in [-0.25, -0.2) is 9.97 Å². The van der Waals surface area contributed by atoms with Crippen LogP contribution in [0.5, 0.6) is 11.6 Å². The van der Waals surface area contributed by atoms with Crippen molar-refractivity contribution in [3.05, 3.63) is 41.3 Å². The lowest BCUT2D eigenvalue weighted by Gasteiger charge is -2.15. The highest BCUT2D eigenvalue weighted by Gasteiger charge is 2.32. The van der Waals surface area contributed by atoms with E-state index in [4.69, 9.17) is 9.39 Å². The average molecular weight is 369 g/mol. The van der Waals surface area contributed by atoms with Crippen molar-refractivity contribution >= 4 is 18.5 Å². The maximum Gasteiger partial charge on any atom is 0.492 e. The SMILES string of the molecule is Cc1c(Oc2cnc(C(=O)N[C@H](CO)C3CC3)cn2)ccc2c1B(O)OC2. The topological polar surface area (TPSA) is 114 Å².